The van der Waals surface area contributed by atoms with Crippen LogP contribution < -0.4 is 9.20 Å². The third kappa shape index (κ3) is 2.60. The van der Waals surface area contributed by atoms with Crippen LogP contribution in [0.25, 0.3) is 0 Å². The fourth-order valence-corrected chi connectivity index (χ4v) is 4.17. The van der Waals surface area contributed by atoms with Gasteiger partial charge >= 0.3 is 114 Å². The van der Waals surface area contributed by atoms with Crippen molar-refractivity contribution in [3.63, 3.8) is 0 Å². The molecule has 0 spiro atoms. The van der Waals surface area contributed by atoms with Gasteiger partial charge in [0.25, 0.3) is 0 Å². The van der Waals surface area contributed by atoms with Crippen molar-refractivity contribution in [2.45, 2.75) is 24.8 Å². The van der Waals surface area contributed by atoms with Crippen molar-refractivity contribution in [1.82, 2.24) is 0 Å². The Kier molecular flexibility index (Phi) is 3.40. The Morgan fingerprint density at radius 1 is 1.17 bits per heavy atom. The van der Waals surface area contributed by atoms with Gasteiger partial charge in [-0.15, -0.1) is 0 Å². The Balaban J connectivity index is 1.61. The second-order valence-electron chi connectivity index (χ2n) is 4.68. The summed E-state index contributed by atoms with van der Waals surface area (Å²) in [6, 6.07) is 17.2. The molecule has 1 aliphatic rings. The number of rotatable bonds is 3. The van der Waals surface area contributed by atoms with Gasteiger partial charge in [-0.1, -0.05) is 0 Å². The Morgan fingerprint density at radius 2 is 2.00 bits per heavy atom. The van der Waals surface area contributed by atoms with Gasteiger partial charge in [0.15, 0.2) is 0 Å². The Hall–Kier alpha value is -1.24. The van der Waals surface area contributed by atoms with Gasteiger partial charge in [-0.25, -0.2) is 0 Å². The molecule has 18 heavy (non-hydrogen) atoms. The molecule has 2 heteroatoms. The molecule has 0 amide bonds. The van der Waals surface area contributed by atoms with Crippen LogP contribution >= 0.6 is 0 Å². The number of benzene rings is 2. The third-order valence-electron chi connectivity index (χ3n) is 3.14. The molecule has 92 valence electrons. The SMILES string of the molecule is Cc1ccc2c(c1)CC(C[Se]c1ccccc1)O2. The van der Waals surface area contributed by atoms with Gasteiger partial charge in [0.2, 0.25) is 0 Å². The number of aryl methyl sites for hydroxylation is 1. The van der Waals surface area contributed by atoms with Crippen molar-refractivity contribution >= 4 is 19.4 Å². The van der Waals surface area contributed by atoms with Gasteiger partial charge in [0.1, 0.15) is 0 Å². The second kappa shape index (κ2) is 5.17. The topological polar surface area (TPSA) is 9.23 Å². The molecule has 1 aliphatic heterocycles. The van der Waals surface area contributed by atoms with E-state index in [1.807, 2.05) is 0 Å². The molecule has 0 aliphatic carbocycles. The number of hydrogen-bond acceptors (Lipinski definition) is 1. The number of fused-ring (bicyclic) bond motifs is 1. The van der Waals surface area contributed by atoms with Gasteiger partial charge < -0.3 is 0 Å². The zero-order valence-corrected chi connectivity index (χ0v) is 12.1. The molecule has 0 saturated heterocycles. The van der Waals surface area contributed by atoms with Crippen LogP contribution in [0.4, 0.5) is 0 Å². The number of ether oxygens (including phenoxy) is 1. The van der Waals surface area contributed by atoms with E-state index in [9.17, 15) is 0 Å². The van der Waals surface area contributed by atoms with E-state index in [0.29, 0.717) is 21.1 Å². The molecule has 1 nitrogen and oxygen atoms in total. The zero-order valence-electron chi connectivity index (χ0n) is 10.4. The fraction of sp³-hybridized carbons (Fsp3) is 0.250. The van der Waals surface area contributed by atoms with Gasteiger partial charge in [-0.05, 0) is 0 Å². The van der Waals surface area contributed by atoms with Gasteiger partial charge in [0.05, 0.1) is 0 Å². The van der Waals surface area contributed by atoms with E-state index < -0.39 is 0 Å². The molecule has 2 aromatic rings. The van der Waals surface area contributed by atoms with Crippen LogP contribution in [-0.2, 0) is 6.42 Å². The maximum absolute atomic E-state index is 6.00. The van der Waals surface area contributed by atoms with Crippen LogP contribution in [0.5, 0.6) is 5.75 Å². The number of hydrogen-bond donors (Lipinski definition) is 0. The van der Waals surface area contributed by atoms with Crippen molar-refractivity contribution < 1.29 is 4.74 Å². The first-order chi connectivity index (χ1) is 8.81. The van der Waals surface area contributed by atoms with E-state index in [-0.39, 0.29) is 0 Å². The van der Waals surface area contributed by atoms with Crippen LogP contribution in [0.15, 0.2) is 48.5 Å². The first-order valence-electron chi connectivity index (χ1n) is 6.25. The van der Waals surface area contributed by atoms with E-state index >= 15 is 0 Å². The normalized spacial score (nSPS) is 17.3. The summed E-state index contributed by atoms with van der Waals surface area (Å²) in [6.45, 7) is 2.14. The molecule has 3 rings (SSSR count). The van der Waals surface area contributed by atoms with E-state index in [0.717, 1.165) is 17.5 Å². The summed E-state index contributed by atoms with van der Waals surface area (Å²) < 4.78 is 7.46. The van der Waals surface area contributed by atoms with Gasteiger partial charge in [-0.2, -0.15) is 0 Å². The average Bonchev–Trinajstić information content (AvgIpc) is 2.79. The van der Waals surface area contributed by atoms with Gasteiger partial charge in [-0.3, -0.25) is 0 Å². The zero-order chi connectivity index (χ0) is 12.4. The van der Waals surface area contributed by atoms with Crippen LogP contribution in [0.1, 0.15) is 11.1 Å². The summed E-state index contributed by atoms with van der Waals surface area (Å²) >= 11 is 0.517. The van der Waals surface area contributed by atoms with Crippen molar-refractivity contribution in [2.75, 3.05) is 0 Å². The predicted molar refractivity (Wildman–Crippen MR) is 75.9 cm³/mol. The summed E-state index contributed by atoms with van der Waals surface area (Å²) in [5, 5.41) is 1.16. The Bertz CT molecular complexity index is 536. The average molecular weight is 303 g/mol. The predicted octanol–water partition coefficient (Wildman–Crippen LogP) is 2.75. The second-order valence-corrected chi connectivity index (χ2v) is 6.97. The molecule has 0 radical (unpaired) electrons. The molecular weight excluding hydrogens is 287 g/mol. The van der Waals surface area contributed by atoms with Crippen LogP contribution in [-0.4, -0.2) is 21.1 Å². The summed E-state index contributed by atoms with van der Waals surface area (Å²) in [7, 11) is 0. The minimum absolute atomic E-state index is 0.377. The monoisotopic (exact) mass is 304 g/mol. The van der Waals surface area contributed by atoms with E-state index in [1.165, 1.54) is 15.6 Å². The van der Waals surface area contributed by atoms with Crippen molar-refractivity contribution in [2.24, 2.45) is 0 Å². The standard InChI is InChI=1S/C16H16OSe/c1-12-7-8-16-13(9-12)10-14(17-16)11-18-15-5-3-2-4-6-15/h2-9,14H,10-11H2,1H3. The van der Waals surface area contributed by atoms with Crippen molar-refractivity contribution in [3.8, 4) is 5.75 Å². The molecular formula is C16H16OSe. The summed E-state index contributed by atoms with van der Waals surface area (Å²) in [5.41, 5.74) is 2.70. The summed E-state index contributed by atoms with van der Waals surface area (Å²) in [5.74, 6) is 1.09. The van der Waals surface area contributed by atoms with Crippen LogP contribution in [0.2, 0.25) is 5.32 Å². The molecule has 0 bridgehead atoms. The molecule has 0 fully saturated rings. The molecule has 1 heterocycles. The van der Waals surface area contributed by atoms with Crippen molar-refractivity contribution in [1.29, 1.82) is 0 Å². The van der Waals surface area contributed by atoms with E-state index in [4.69, 9.17) is 4.74 Å². The molecule has 1 atom stereocenters. The molecule has 1 unspecified atom stereocenters. The minimum atomic E-state index is 0.377. The molecule has 0 N–H and O–H groups in total. The first kappa shape index (κ1) is 11.8. The first-order valence-corrected chi connectivity index (χ1v) is 8.32. The quantitative estimate of drug-likeness (QED) is 0.792. The van der Waals surface area contributed by atoms with Crippen LogP contribution in [0, 0.1) is 6.92 Å². The summed E-state index contributed by atoms with van der Waals surface area (Å²) in [4.78, 5) is 0. The van der Waals surface area contributed by atoms with Crippen LogP contribution in [0.3, 0.4) is 0 Å². The van der Waals surface area contributed by atoms with Crippen molar-refractivity contribution in [3.05, 3.63) is 59.7 Å². The van der Waals surface area contributed by atoms with Gasteiger partial charge in [0, 0.05) is 0 Å². The molecule has 0 aromatic heterocycles. The fourth-order valence-electron chi connectivity index (χ4n) is 2.25. The third-order valence-corrected chi connectivity index (χ3v) is 5.54. The van der Waals surface area contributed by atoms with E-state index in [2.05, 4.69) is 55.5 Å². The Labute approximate surface area is 114 Å². The molecule has 2 aromatic carbocycles. The summed E-state index contributed by atoms with van der Waals surface area (Å²) in [6.07, 6.45) is 1.45. The maximum atomic E-state index is 6.00. The Morgan fingerprint density at radius 3 is 2.83 bits per heavy atom. The van der Waals surface area contributed by atoms with E-state index in [1.54, 1.807) is 0 Å². The molecule has 0 saturated carbocycles.